The quantitative estimate of drug-likeness (QED) is 0.798. The van der Waals surface area contributed by atoms with E-state index >= 15 is 0 Å². The van der Waals surface area contributed by atoms with Crippen molar-refractivity contribution in [2.24, 2.45) is 0 Å². The second kappa shape index (κ2) is 9.06. The predicted octanol–water partition coefficient (Wildman–Crippen LogP) is 4.02. The summed E-state index contributed by atoms with van der Waals surface area (Å²) >= 11 is 6.06. The summed E-state index contributed by atoms with van der Waals surface area (Å²) in [5, 5.41) is 3.41. The van der Waals surface area contributed by atoms with Crippen LogP contribution in [-0.2, 0) is 17.9 Å². The number of nitrogens with one attached hydrogen (secondary N) is 1. The fraction of sp³-hybridized carbons (Fsp3) is 0.381. The van der Waals surface area contributed by atoms with E-state index < -0.39 is 6.10 Å². The second-order valence-corrected chi connectivity index (χ2v) is 7.12. The van der Waals surface area contributed by atoms with Gasteiger partial charge in [-0.05, 0) is 56.1 Å². The van der Waals surface area contributed by atoms with Crippen LogP contribution in [0.25, 0.3) is 0 Å². The first-order valence-corrected chi connectivity index (χ1v) is 9.48. The fourth-order valence-electron chi connectivity index (χ4n) is 3.08. The van der Waals surface area contributed by atoms with Crippen molar-refractivity contribution in [2.75, 3.05) is 13.1 Å². The highest BCUT2D eigenvalue weighted by Crippen LogP contribution is 2.24. The Labute approximate surface area is 160 Å². The van der Waals surface area contributed by atoms with Crippen molar-refractivity contribution in [2.45, 2.75) is 39.0 Å². The van der Waals surface area contributed by atoms with Gasteiger partial charge in [-0.3, -0.25) is 9.69 Å². The van der Waals surface area contributed by atoms with Crippen LogP contribution >= 0.6 is 11.6 Å². The number of ether oxygens (including phenoxy) is 1. The first-order chi connectivity index (χ1) is 12.6. The van der Waals surface area contributed by atoms with Gasteiger partial charge in [-0.25, -0.2) is 0 Å². The maximum atomic E-state index is 12.2. The maximum Gasteiger partial charge on any atom is 0.261 e. The molecule has 5 heteroatoms. The number of carbonyl (C=O) groups is 1. The van der Waals surface area contributed by atoms with Crippen molar-refractivity contribution >= 4 is 17.5 Å². The summed E-state index contributed by atoms with van der Waals surface area (Å²) < 4.78 is 5.64. The number of amides is 1. The Morgan fingerprint density at radius 2 is 1.77 bits per heavy atom. The molecule has 0 saturated carbocycles. The topological polar surface area (TPSA) is 41.6 Å². The zero-order chi connectivity index (χ0) is 18.4. The molecule has 4 nitrogen and oxygen atoms in total. The standard InChI is InChI=1S/C21H25ClN2O2/c1-16(26-20-7-3-2-6-19(20)22)21(25)23-14-17-8-10-18(11-9-17)15-24-12-4-5-13-24/h2-3,6-11,16H,4-5,12-15H2,1H3,(H,23,25)/t16-/m0/s1. The van der Waals surface area contributed by atoms with Gasteiger partial charge in [0.15, 0.2) is 6.10 Å². The zero-order valence-electron chi connectivity index (χ0n) is 15.1. The predicted molar refractivity (Wildman–Crippen MR) is 104 cm³/mol. The Morgan fingerprint density at radius 3 is 2.46 bits per heavy atom. The third-order valence-electron chi connectivity index (χ3n) is 4.60. The van der Waals surface area contributed by atoms with Crippen molar-refractivity contribution in [3.63, 3.8) is 0 Å². The van der Waals surface area contributed by atoms with Crippen LogP contribution in [0.4, 0.5) is 0 Å². The molecule has 0 bridgehead atoms. The molecule has 0 aliphatic carbocycles. The summed E-state index contributed by atoms with van der Waals surface area (Å²) in [6, 6.07) is 15.6. The average Bonchev–Trinajstić information content (AvgIpc) is 3.16. The largest absolute Gasteiger partial charge is 0.479 e. The molecule has 1 aliphatic rings. The van der Waals surface area contributed by atoms with Crippen LogP contribution in [0.5, 0.6) is 5.75 Å². The summed E-state index contributed by atoms with van der Waals surface area (Å²) in [6.07, 6.45) is 2.00. The number of halogens is 1. The molecular formula is C21H25ClN2O2. The summed E-state index contributed by atoms with van der Waals surface area (Å²) in [6.45, 7) is 5.61. The van der Waals surface area contributed by atoms with E-state index in [1.807, 2.05) is 12.1 Å². The Morgan fingerprint density at radius 1 is 1.12 bits per heavy atom. The van der Waals surface area contributed by atoms with Gasteiger partial charge in [-0.2, -0.15) is 0 Å². The minimum Gasteiger partial charge on any atom is -0.479 e. The molecule has 2 aromatic rings. The lowest BCUT2D eigenvalue weighted by Crippen LogP contribution is -2.35. The van der Waals surface area contributed by atoms with E-state index in [2.05, 4.69) is 34.5 Å². The molecule has 0 unspecified atom stereocenters. The lowest BCUT2D eigenvalue weighted by Gasteiger charge is -2.16. The summed E-state index contributed by atoms with van der Waals surface area (Å²) in [5.74, 6) is 0.356. The summed E-state index contributed by atoms with van der Waals surface area (Å²) in [5.41, 5.74) is 2.39. The molecule has 0 spiro atoms. The number of benzene rings is 2. The molecule has 0 radical (unpaired) electrons. The van der Waals surface area contributed by atoms with Crippen molar-refractivity contribution in [1.82, 2.24) is 10.2 Å². The van der Waals surface area contributed by atoms with E-state index in [0.717, 1.165) is 12.1 Å². The van der Waals surface area contributed by atoms with Crippen LogP contribution in [0, 0.1) is 0 Å². The lowest BCUT2D eigenvalue weighted by atomic mass is 10.1. The summed E-state index contributed by atoms with van der Waals surface area (Å²) in [4.78, 5) is 14.7. The first-order valence-electron chi connectivity index (χ1n) is 9.11. The molecule has 1 N–H and O–H groups in total. The van der Waals surface area contributed by atoms with Gasteiger partial charge in [0.25, 0.3) is 5.91 Å². The van der Waals surface area contributed by atoms with Gasteiger partial charge >= 0.3 is 0 Å². The van der Waals surface area contributed by atoms with Crippen LogP contribution < -0.4 is 10.1 Å². The average molecular weight is 373 g/mol. The van der Waals surface area contributed by atoms with Gasteiger partial charge in [0.1, 0.15) is 5.75 Å². The van der Waals surface area contributed by atoms with Crippen LogP contribution in [0.2, 0.25) is 5.02 Å². The Bertz CT molecular complexity index is 727. The van der Waals surface area contributed by atoms with Crippen LogP contribution in [0.15, 0.2) is 48.5 Å². The number of nitrogens with zero attached hydrogens (tertiary/aromatic N) is 1. The smallest absolute Gasteiger partial charge is 0.261 e. The monoisotopic (exact) mass is 372 g/mol. The number of hydrogen-bond donors (Lipinski definition) is 1. The normalized spacial score (nSPS) is 15.6. The summed E-state index contributed by atoms with van der Waals surface area (Å²) in [7, 11) is 0. The third-order valence-corrected chi connectivity index (χ3v) is 4.92. The Hall–Kier alpha value is -2.04. The Kier molecular flexibility index (Phi) is 6.53. The van der Waals surface area contributed by atoms with Gasteiger partial charge in [0.2, 0.25) is 0 Å². The van der Waals surface area contributed by atoms with Crippen molar-refractivity contribution < 1.29 is 9.53 Å². The van der Waals surface area contributed by atoms with Gasteiger partial charge in [-0.15, -0.1) is 0 Å². The number of likely N-dealkylation sites (tertiary alicyclic amines) is 1. The number of para-hydroxylation sites is 1. The first kappa shape index (κ1) is 18.7. The van der Waals surface area contributed by atoms with Crippen molar-refractivity contribution in [3.05, 3.63) is 64.7 Å². The SMILES string of the molecule is C[C@H](Oc1ccccc1Cl)C(=O)NCc1ccc(CN2CCCC2)cc1. The van der Waals surface area contributed by atoms with Crippen molar-refractivity contribution in [3.8, 4) is 5.75 Å². The third kappa shape index (κ3) is 5.23. The molecule has 1 fully saturated rings. The molecule has 3 rings (SSSR count). The van der Waals surface area contributed by atoms with Crippen LogP contribution in [0.3, 0.4) is 0 Å². The lowest BCUT2D eigenvalue weighted by molar-refractivity contribution is -0.127. The van der Waals surface area contributed by atoms with Gasteiger partial charge in [-0.1, -0.05) is 48.0 Å². The number of rotatable bonds is 7. The minimum atomic E-state index is -0.607. The molecule has 1 atom stereocenters. The molecule has 1 amide bonds. The highest BCUT2D eigenvalue weighted by molar-refractivity contribution is 6.32. The van der Waals surface area contributed by atoms with Crippen LogP contribution in [0.1, 0.15) is 30.9 Å². The molecule has 2 aromatic carbocycles. The molecule has 138 valence electrons. The highest BCUT2D eigenvalue weighted by atomic mass is 35.5. The molecule has 1 aliphatic heterocycles. The zero-order valence-corrected chi connectivity index (χ0v) is 15.8. The number of carbonyl (C=O) groups excluding carboxylic acids is 1. The van der Waals surface area contributed by atoms with E-state index in [9.17, 15) is 4.79 Å². The van der Waals surface area contributed by atoms with Crippen molar-refractivity contribution in [1.29, 1.82) is 0 Å². The van der Waals surface area contributed by atoms with E-state index in [0.29, 0.717) is 17.3 Å². The van der Waals surface area contributed by atoms with Gasteiger partial charge < -0.3 is 10.1 Å². The molecular weight excluding hydrogens is 348 g/mol. The fourth-order valence-corrected chi connectivity index (χ4v) is 3.26. The van der Waals surface area contributed by atoms with E-state index in [1.165, 1.54) is 31.5 Å². The van der Waals surface area contributed by atoms with E-state index in [4.69, 9.17) is 16.3 Å². The van der Waals surface area contributed by atoms with Crippen LogP contribution in [-0.4, -0.2) is 30.0 Å². The van der Waals surface area contributed by atoms with Gasteiger partial charge in [0.05, 0.1) is 5.02 Å². The molecule has 26 heavy (non-hydrogen) atoms. The molecule has 1 heterocycles. The van der Waals surface area contributed by atoms with E-state index in [1.54, 1.807) is 19.1 Å². The maximum absolute atomic E-state index is 12.2. The highest BCUT2D eigenvalue weighted by Gasteiger charge is 2.16. The second-order valence-electron chi connectivity index (χ2n) is 6.71. The van der Waals surface area contributed by atoms with Gasteiger partial charge in [0, 0.05) is 13.1 Å². The van der Waals surface area contributed by atoms with E-state index in [-0.39, 0.29) is 5.91 Å². The Balaban J connectivity index is 1.46. The number of hydrogen-bond acceptors (Lipinski definition) is 3. The minimum absolute atomic E-state index is 0.161. The molecule has 0 aromatic heterocycles. The molecule has 1 saturated heterocycles.